The molecule has 0 aliphatic carbocycles. The molecule has 0 aliphatic rings. The molecule has 0 amide bonds. The van der Waals surface area contributed by atoms with Crippen molar-refractivity contribution in [2.24, 2.45) is 0 Å². The maximum Gasteiger partial charge on any atom is 0.261 e. The number of hydrogen-bond acceptors (Lipinski definition) is 2. The van der Waals surface area contributed by atoms with Gasteiger partial charge >= 0.3 is 0 Å². The molecule has 4 aromatic carbocycles. The Balaban J connectivity index is 1.77. The predicted octanol–water partition coefficient (Wildman–Crippen LogP) is 7.23. The second-order valence-electron chi connectivity index (χ2n) is 12.4. The lowest BCUT2D eigenvalue weighted by Crippen LogP contribution is -2.67. The lowest BCUT2D eigenvalue weighted by molar-refractivity contribution is 0.175. The highest BCUT2D eigenvalue weighted by Crippen LogP contribution is 2.40. The van der Waals surface area contributed by atoms with Gasteiger partial charge in [-0.25, -0.2) is 0 Å². The van der Waals surface area contributed by atoms with Gasteiger partial charge in [0.25, 0.3) is 8.32 Å². The van der Waals surface area contributed by atoms with E-state index in [4.69, 9.17) is 4.43 Å². The quantitative estimate of drug-likeness (QED) is 0.154. The summed E-state index contributed by atoms with van der Waals surface area (Å²) in [6, 6.07) is 42.4. The van der Waals surface area contributed by atoms with Crippen LogP contribution in [0.2, 0.25) is 23.7 Å². The van der Waals surface area contributed by atoms with Crippen LogP contribution < -0.4 is 15.6 Å². The first-order valence-corrected chi connectivity index (χ1v) is 19.3. The van der Waals surface area contributed by atoms with Crippen molar-refractivity contribution in [2.75, 3.05) is 6.61 Å². The van der Waals surface area contributed by atoms with Gasteiger partial charge in [-0.2, -0.15) is 0 Å². The molecule has 4 heteroatoms. The monoisotopic (exact) mass is 564 g/mol. The van der Waals surface area contributed by atoms with Crippen LogP contribution >= 0.6 is 0 Å². The van der Waals surface area contributed by atoms with E-state index >= 15 is 0 Å². The van der Waals surface area contributed by atoms with Gasteiger partial charge in [-0.15, -0.1) is 0 Å². The fourth-order valence-corrected chi connectivity index (χ4v) is 13.9. The Hall–Kier alpha value is -3.03. The number of aliphatic hydroxyl groups is 1. The van der Waals surface area contributed by atoms with Crippen LogP contribution in [0.25, 0.3) is 0 Å². The van der Waals surface area contributed by atoms with Gasteiger partial charge in [-0.3, -0.25) is 0 Å². The zero-order valence-electron chi connectivity index (χ0n) is 24.7. The van der Waals surface area contributed by atoms with Crippen LogP contribution in [0, 0.1) is 0 Å². The number of hydrogen-bond donors (Lipinski definition) is 1. The molecule has 0 unspecified atom stereocenters. The molecule has 0 radical (unpaired) electrons. The summed E-state index contributed by atoms with van der Waals surface area (Å²) in [6.45, 7) is 17.0. The largest absolute Gasteiger partial charge is 0.407 e. The zero-order valence-corrected chi connectivity index (χ0v) is 26.7. The highest BCUT2D eigenvalue weighted by Gasteiger charge is 2.51. The van der Waals surface area contributed by atoms with E-state index in [2.05, 4.69) is 131 Å². The van der Waals surface area contributed by atoms with Crippen LogP contribution in [0.1, 0.15) is 38.9 Å². The average molecular weight is 565 g/mol. The summed E-state index contributed by atoms with van der Waals surface area (Å²) in [5.41, 5.74) is 2.11. The van der Waals surface area contributed by atoms with Crippen LogP contribution in [-0.2, 0) is 4.43 Å². The minimum atomic E-state index is -2.72. The molecule has 0 spiro atoms. The van der Waals surface area contributed by atoms with Crippen LogP contribution in [0.5, 0.6) is 0 Å². The van der Waals surface area contributed by atoms with Gasteiger partial charge in [0, 0.05) is 12.1 Å². The molecule has 0 fully saturated rings. The number of rotatable bonds is 11. The van der Waals surface area contributed by atoms with Crippen molar-refractivity contribution < 1.29 is 9.53 Å². The lowest BCUT2D eigenvalue weighted by Gasteiger charge is -2.45. The first-order chi connectivity index (χ1) is 19.1. The van der Waals surface area contributed by atoms with Gasteiger partial charge in [0.05, 0.1) is 14.2 Å². The highest BCUT2D eigenvalue weighted by molar-refractivity contribution is 6.99. The number of aliphatic hydroxyl groups excluding tert-OH is 1. The maximum atomic E-state index is 11.2. The van der Waals surface area contributed by atoms with Gasteiger partial charge in [0.2, 0.25) is 0 Å². The molecule has 0 aromatic heterocycles. The van der Waals surface area contributed by atoms with Crippen molar-refractivity contribution in [3.8, 4) is 0 Å². The minimum absolute atomic E-state index is 0.108. The first-order valence-electron chi connectivity index (χ1n) is 14.3. The van der Waals surface area contributed by atoms with E-state index in [1.165, 1.54) is 15.6 Å². The van der Waals surface area contributed by atoms with E-state index in [1.54, 1.807) is 0 Å². The average Bonchev–Trinajstić information content (AvgIpc) is 2.96. The molecule has 0 saturated carbocycles. The van der Waals surface area contributed by atoms with E-state index in [0.717, 1.165) is 11.1 Å². The van der Waals surface area contributed by atoms with E-state index in [-0.39, 0.29) is 10.6 Å². The van der Waals surface area contributed by atoms with Crippen molar-refractivity contribution in [2.45, 2.75) is 57.0 Å². The van der Waals surface area contributed by atoms with E-state index in [0.29, 0.717) is 13.0 Å². The van der Waals surface area contributed by atoms with Gasteiger partial charge in [0.15, 0.2) is 0 Å². The Morgan fingerprint density at radius 1 is 0.700 bits per heavy atom. The molecule has 2 nitrogen and oxygen atoms in total. The molecule has 4 rings (SSSR count). The van der Waals surface area contributed by atoms with Crippen LogP contribution in [0.15, 0.2) is 133 Å². The summed E-state index contributed by atoms with van der Waals surface area (Å²) in [5.74, 6) is 0. The Labute approximate surface area is 243 Å². The Morgan fingerprint density at radius 3 is 1.52 bits per heavy atom. The van der Waals surface area contributed by atoms with Crippen molar-refractivity contribution in [3.05, 3.63) is 139 Å². The molecule has 1 N–H and O–H groups in total. The van der Waals surface area contributed by atoms with Gasteiger partial charge < -0.3 is 9.53 Å². The Morgan fingerprint density at radius 2 is 1.10 bits per heavy atom. The summed E-state index contributed by atoms with van der Waals surface area (Å²) in [7, 11) is -4.84. The molecule has 0 heterocycles. The molecule has 0 saturated heterocycles. The lowest BCUT2D eigenvalue weighted by atomic mass is 10.0. The third-order valence-electron chi connectivity index (χ3n) is 8.40. The topological polar surface area (TPSA) is 29.5 Å². The SMILES string of the molecule is C=C(C[C@H](O)c1ccccc1)[C@H](CO[Si](c1ccccc1)(c1ccccc1)C(C)(C)C)[Si](C)(C)c1ccccc1. The summed E-state index contributed by atoms with van der Waals surface area (Å²) in [5, 5.41) is 15.0. The second-order valence-corrected chi connectivity index (χ2v) is 21.4. The molecule has 2 atom stereocenters. The Bertz CT molecular complexity index is 1310. The fraction of sp³-hybridized carbons (Fsp3) is 0.278. The van der Waals surface area contributed by atoms with Gasteiger partial charge in [-0.1, -0.05) is 173 Å². The molecule has 208 valence electrons. The normalized spacial score (nSPS) is 13.9. The van der Waals surface area contributed by atoms with Crippen molar-refractivity contribution in [3.63, 3.8) is 0 Å². The molecule has 0 aliphatic heterocycles. The van der Waals surface area contributed by atoms with Crippen molar-refractivity contribution in [1.82, 2.24) is 0 Å². The summed E-state index contributed by atoms with van der Waals surface area (Å²) < 4.78 is 7.48. The van der Waals surface area contributed by atoms with Crippen molar-refractivity contribution >= 4 is 32.0 Å². The Kier molecular flexibility index (Phi) is 9.47. The zero-order chi connectivity index (χ0) is 28.8. The third kappa shape index (κ3) is 6.31. The van der Waals surface area contributed by atoms with E-state index < -0.39 is 22.5 Å². The number of benzene rings is 4. The minimum Gasteiger partial charge on any atom is -0.407 e. The van der Waals surface area contributed by atoms with Gasteiger partial charge in [-0.05, 0) is 27.4 Å². The van der Waals surface area contributed by atoms with E-state index in [1.807, 2.05) is 30.3 Å². The summed E-state index contributed by atoms with van der Waals surface area (Å²) >= 11 is 0. The standard InChI is InChI=1S/C36H44O2Si2/c1-29(27-34(37)30-19-11-7-12-20-30)35(39(5,6)31-21-13-8-14-22-31)28-38-40(36(2,3)4,32-23-15-9-16-24-32)33-25-17-10-18-26-33/h7-26,34-35,37H,1,27-28H2,2-6H3/t34-,35-/m0/s1. The predicted molar refractivity (Wildman–Crippen MR) is 176 cm³/mol. The fourth-order valence-electron chi connectivity index (χ4n) is 6.06. The van der Waals surface area contributed by atoms with Gasteiger partial charge in [0.1, 0.15) is 0 Å². The van der Waals surface area contributed by atoms with Crippen LogP contribution in [-0.4, -0.2) is 28.1 Å². The molecular formula is C36H44O2Si2. The van der Waals surface area contributed by atoms with Crippen LogP contribution in [0.4, 0.5) is 0 Å². The highest BCUT2D eigenvalue weighted by atomic mass is 28.4. The van der Waals surface area contributed by atoms with Crippen molar-refractivity contribution in [1.29, 1.82) is 0 Å². The summed E-state index contributed by atoms with van der Waals surface area (Å²) in [4.78, 5) is 0. The molecule has 0 bridgehead atoms. The first kappa shape index (κ1) is 29.9. The van der Waals surface area contributed by atoms with E-state index in [9.17, 15) is 5.11 Å². The van der Waals surface area contributed by atoms with Crippen LogP contribution in [0.3, 0.4) is 0 Å². The molecule has 4 aromatic rings. The second kappa shape index (κ2) is 12.7. The smallest absolute Gasteiger partial charge is 0.261 e. The molecular weight excluding hydrogens is 521 g/mol. The third-order valence-corrected chi connectivity index (χ3v) is 17.5. The summed E-state index contributed by atoms with van der Waals surface area (Å²) in [6.07, 6.45) is -0.0770. The molecule has 40 heavy (non-hydrogen) atoms. The maximum absolute atomic E-state index is 11.2.